The van der Waals surface area contributed by atoms with Gasteiger partial charge in [0.15, 0.2) is 0 Å². The van der Waals surface area contributed by atoms with Crippen LogP contribution in [0.5, 0.6) is 0 Å². The molecule has 5 nitrogen and oxygen atoms in total. The maximum Gasteiger partial charge on any atom is 0.272 e. The zero-order valence-electron chi connectivity index (χ0n) is 10.6. The average molecular weight is 247 g/mol. The molecule has 2 fully saturated rings. The highest BCUT2D eigenvalue weighted by Gasteiger charge is 2.28. The number of hydrogen-bond acceptors (Lipinski definition) is 4. The molecule has 96 valence electrons. The van der Waals surface area contributed by atoms with Crippen LogP contribution < -0.4 is 0 Å². The fourth-order valence-electron chi connectivity index (χ4n) is 2.15. The lowest BCUT2D eigenvalue weighted by molar-refractivity contribution is 0.0298. The minimum Gasteiger partial charge on any atom is -0.378 e. The normalized spacial score (nSPS) is 19.9. The van der Waals surface area contributed by atoms with Crippen LogP contribution in [0.1, 0.15) is 40.8 Å². The standard InChI is InChI=1S/C13H17N3O2/c1-9-8-11(15-12(14-9)10-2-3-10)13(17)16-4-6-18-7-5-16/h8,10H,2-7H2,1H3. The zero-order chi connectivity index (χ0) is 12.5. The first-order chi connectivity index (χ1) is 8.74. The van der Waals surface area contributed by atoms with Crippen LogP contribution in [-0.2, 0) is 4.74 Å². The molecule has 5 heteroatoms. The predicted molar refractivity (Wildman–Crippen MR) is 65.5 cm³/mol. The van der Waals surface area contributed by atoms with Crippen LogP contribution in [0.4, 0.5) is 0 Å². The number of aryl methyl sites for hydroxylation is 1. The van der Waals surface area contributed by atoms with E-state index >= 15 is 0 Å². The molecule has 0 N–H and O–H groups in total. The Hall–Kier alpha value is -1.49. The van der Waals surface area contributed by atoms with Crippen molar-refractivity contribution in [1.82, 2.24) is 14.9 Å². The molecule has 1 amide bonds. The quantitative estimate of drug-likeness (QED) is 0.786. The molecule has 0 unspecified atom stereocenters. The van der Waals surface area contributed by atoms with Crippen LogP contribution in [-0.4, -0.2) is 47.1 Å². The number of nitrogens with zero attached hydrogens (tertiary/aromatic N) is 3. The van der Waals surface area contributed by atoms with Crippen molar-refractivity contribution in [3.05, 3.63) is 23.3 Å². The van der Waals surface area contributed by atoms with E-state index in [9.17, 15) is 4.79 Å². The van der Waals surface area contributed by atoms with Gasteiger partial charge in [-0.15, -0.1) is 0 Å². The third-order valence-electron chi connectivity index (χ3n) is 3.33. The van der Waals surface area contributed by atoms with Gasteiger partial charge in [0.05, 0.1) is 13.2 Å². The van der Waals surface area contributed by atoms with Crippen molar-refractivity contribution in [3.8, 4) is 0 Å². The second-order valence-electron chi connectivity index (χ2n) is 4.93. The molecule has 2 aliphatic rings. The molecule has 3 rings (SSSR count). The van der Waals surface area contributed by atoms with Crippen molar-refractivity contribution in [2.75, 3.05) is 26.3 Å². The molecule has 1 aliphatic carbocycles. The molecule has 1 saturated carbocycles. The SMILES string of the molecule is Cc1cc(C(=O)N2CCOCC2)nc(C2CC2)n1. The van der Waals surface area contributed by atoms with Crippen LogP contribution in [0.2, 0.25) is 0 Å². The van der Waals surface area contributed by atoms with E-state index < -0.39 is 0 Å². The van der Waals surface area contributed by atoms with E-state index in [-0.39, 0.29) is 5.91 Å². The lowest BCUT2D eigenvalue weighted by Crippen LogP contribution is -2.41. The van der Waals surface area contributed by atoms with E-state index in [4.69, 9.17) is 4.74 Å². The molecule has 1 aromatic heterocycles. The second-order valence-corrected chi connectivity index (χ2v) is 4.93. The number of rotatable bonds is 2. The summed E-state index contributed by atoms with van der Waals surface area (Å²) in [6.07, 6.45) is 2.29. The molecule has 0 spiro atoms. The van der Waals surface area contributed by atoms with Crippen molar-refractivity contribution < 1.29 is 9.53 Å². The molecule has 18 heavy (non-hydrogen) atoms. The van der Waals surface area contributed by atoms with Gasteiger partial charge < -0.3 is 9.64 Å². The first kappa shape index (κ1) is 11.6. The van der Waals surface area contributed by atoms with E-state index in [1.165, 1.54) is 0 Å². The van der Waals surface area contributed by atoms with Gasteiger partial charge in [0.1, 0.15) is 11.5 Å². The molecule has 1 aliphatic heterocycles. The largest absolute Gasteiger partial charge is 0.378 e. The van der Waals surface area contributed by atoms with Crippen LogP contribution >= 0.6 is 0 Å². The van der Waals surface area contributed by atoms with Crippen molar-refractivity contribution in [1.29, 1.82) is 0 Å². The Bertz CT molecular complexity index is 465. The summed E-state index contributed by atoms with van der Waals surface area (Å²) >= 11 is 0. The van der Waals surface area contributed by atoms with Gasteiger partial charge in [0, 0.05) is 24.7 Å². The van der Waals surface area contributed by atoms with Gasteiger partial charge in [-0.3, -0.25) is 4.79 Å². The Morgan fingerprint density at radius 1 is 1.33 bits per heavy atom. The van der Waals surface area contributed by atoms with E-state index in [0.29, 0.717) is 37.9 Å². The molecule has 0 atom stereocenters. The summed E-state index contributed by atoms with van der Waals surface area (Å²) in [5, 5.41) is 0. The van der Waals surface area contributed by atoms with Crippen molar-refractivity contribution in [3.63, 3.8) is 0 Å². The lowest BCUT2D eigenvalue weighted by atomic mass is 10.2. The molecule has 0 aromatic carbocycles. The minimum absolute atomic E-state index is 0.00528. The third-order valence-corrected chi connectivity index (χ3v) is 3.33. The molecular weight excluding hydrogens is 230 g/mol. The number of aromatic nitrogens is 2. The van der Waals surface area contributed by atoms with E-state index in [2.05, 4.69) is 9.97 Å². The highest BCUT2D eigenvalue weighted by molar-refractivity contribution is 5.92. The van der Waals surface area contributed by atoms with Gasteiger partial charge in [-0.25, -0.2) is 9.97 Å². The first-order valence-corrected chi connectivity index (χ1v) is 6.46. The average Bonchev–Trinajstić information content (AvgIpc) is 3.22. The van der Waals surface area contributed by atoms with Gasteiger partial charge >= 0.3 is 0 Å². The number of carbonyl (C=O) groups is 1. The van der Waals surface area contributed by atoms with Crippen molar-refractivity contribution in [2.45, 2.75) is 25.7 Å². The molecule has 2 heterocycles. The van der Waals surface area contributed by atoms with E-state index in [1.54, 1.807) is 6.07 Å². The summed E-state index contributed by atoms with van der Waals surface area (Å²) in [4.78, 5) is 23.0. The molecule has 0 bridgehead atoms. The molecule has 1 aromatic rings. The van der Waals surface area contributed by atoms with Gasteiger partial charge in [0.2, 0.25) is 0 Å². The number of amides is 1. The topological polar surface area (TPSA) is 55.3 Å². The van der Waals surface area contributed by atoms with E-state index in [0.717, 1.165) is 24.4 Å². The van der Waals surface area contributed by atoms with Crippen molar-refractivity contribution in [2.24, 2.45) is 0 Å². The van der Waals surface area contributed by atoms with Crippen molar-refractivity contribution >= 4 is 5.91 Å². The van der Waals surface area contributed by atoms with Crippen LogP contribution in [0.25, 0.3) is 0 Å². The van der Waals surface area contributed by atoms with Crippen LogP contribution in [0.15, 0.2) is 6.07 Å². The highest BCUT2D eigenvalue weighted by Crippen LogP contribution is 2.38. The maximum absolute atomic E-state index is 12.3. The fraction of sp³-hybridized carbons (Fsp3) is 0.615. The smallest absolute Gasteiger partial charge is 0.272 e. The maximum atomic E-state index is 12.3. The minimum atomic E-state index is 0.00528. The summed E-state index contributed by atoms with van der Waals surface area (Å²) in [7, 11) is 0. The number of carbonyl (C=O) groups excluding carboxylic acids is 1. The number of morpholine rings is 1. The Balaban J connectivity index is 1.83. The molecule has 0 radical (unpaired) electrons. The van der Waals surface area contributed by atoms with Gasteiger partial charge in [-0.05, 0) is 25.8 Å². The Morgan fingerprint density at radius 2 is 2.06 bits per heavy atom. The summed E-state index contributed by atoms with van der Waals surface area (Å²) in [6.45, 7) is 4.46. The van der Waals surface area contributed by atoms with Crippen LogP contribution in [0.3, 0.4) is 0 Å². The second kappa shape index (κ2) is 4.65. The van der Waals surface area contributed by atoms with E-state index in [1.807, 2.05) is 11.8 Å². The lowest BCUT2D eigenvalue weighted by Gasteiger charge is -2.26. The summed E-state index contributed by atoms with van der Waals surface area (Å²) < 4.78 is 5.25. The number of ether oxygens (including phenoxy) is 1. The van der Waals surface area contributed by atoms with Gasteiger partial charge in [-0.2, -0.15) is 0 Å². The third kappa shape index (κ3) is 2.36. The predicted octanol–water partition coefficient (Wildman–Crippen LogP) is 1.13. The van der Waals surface area contributed by atoms with Crippen LogP contribution in [0, 0.1) is 6.92 Å². The molecule has 1 saturated heterocycles. The summed E-state index contributed by atoms with van der Waals surface area (Å²) in [5.74, 6) is 1.32. The van der Waals surface area contributed by atoms with Gasteiger partial charge in [-0.1, -0.05) is 0 Å². The Morgan fingerprint density at radius 3 is 2.72 bits per heavy atom. The Labute approximate surface area is 106 Å². The first-order valence-electron chi connectivity index (χ1n) is 6.46. The monoisotopic (exact) mass is 247 g/mol. The summed E-state index contributed by atoms with van der Waals surface area (Å²) in [6, 6.07) is 1.78. The summed E-state index contributed by atoms with van der Waals surface area (Å²) in [5.41, 5.74) is 1.41. The van der Waals surface area contributed by atoms with Gasteiger partial charge in [0.25, 0.3) is 5.91 Å². The Kier molecular flexibility index (Phi) is 2.99. The molecular formula is C13H17N3O2. The number of hydrogen-bond donors (Lipinski definition) is 0. The zero-order valence-corrected chi connectivity index (χ0v) is 10.6. The highest BCUT2D eigenvalue weighted by atomic mass is 16.5. The fourth-order valence-corrected chi connectivity index (χ4v) is 2.15.